The van der Waals surface area contributed by atoms with E-state index < -0.39 is 16.0 Å². The van der Waals surface area contributed by atoms with E-state index in [1.54, 1.807) is 0 Å². The smallest absolute Gasteiger partial charge is 0.337 e. The van der Waals surface area contributed by atoms with Crippen LogP contribution < -0.4 is 4.72 Å². The van der Waals surface area contributed by atoms with Crippen LogP contribution >= 0.6 is 23.2 Å². The second kappa shape index (κ2) is 6.10. The maximum Gasteiger partial charge on any atom is 0.337 e. The van der Waals surface area contributed by atoms with E-state index >= 15 is 0 Å². The molecular formula is C12H14Cl2N2O4S. The van der Waals surface area contributed by atoms with Crippen molar-refractivity contribution >= 4 is 39.2 Å². The van der Waals surface area contributed by atoms with E-state index in [2.05, 4.69) is 4.72 Å². The fraction of sp³-hybridized carbons (Fsp3) is 0.417. The Hall–Kier alpha value is -0.860. The number of sulfonamides is 1. The highest BCUT2D eigenvalue weighted by molar-refractivity contribution is 7.89. The van der Waals surface area contributed by atoms with E-state index in [9.17, 15) is 13.2 Å². The Morgan fingerprint density at radius 2 is 2.10 bits per heavy atom. The predicted octanol–water partition coefficient (Wildman–Crippen LogP) is 1.67. The van der Waals surface area contributed by atoms with Crippen molar-refractivity contribution in [2.24, 2.45) is 0 Å². The minimum Gasteiger partial charge on any atom is -0.478 e. The van der Waals surface area contributed by atoms with Crippen LogP contribution in [0.25, 0.3) is 0 Å². The summed E-state index contributed by atoms with van der Waals surface area (Å²) < 4.78 is 27.3. The Balaban J connectivity index is 2.38. The lowest BCUT2D eigenvalue weighted by Gasteiger charge is -2.15. The van der Waals surface area contributed by atoms with Gasteiger partial charge in [-0.15, -0.1) is 0 Å². The highest BCUT2D eigenvalue weighted by Gasteiger charge is 2.29. The number of hydrogen-bond donors (Lipinski definition) is 2. The molecule has 21 heavy (non-hydrogen) atoms. The number of likely N-dealkylation sites (N-methyl/N-ethyl adjacent to an activating group) is 1. The Morgan fingerprint density at radius 1 is 1.43 bits per heavy atom. The molecule has 1 fully saturated rings. The summed E-state index contributed by atoms with van der Waals surface area (Å²) >= 11 is 11.7. The van der Waals surface area contributed by atoms with Gasteiger partial charge in [0.25, 0.3) is 0 Å². The molecule has 0 aromatic heterocycles. The van der Waals surface area contributed by atoms with E-state index in [4.69, 9.17) is 28.3 Å². The first kappa shape index (κ1) is 16.5. The summed E-state index contributed by atoms with van der Waals surface area (Å²) in [5.41, 5.74) is -0.340. The van der Waals surface area contributed by atoms with Gasteiger partial charge < -0.3 is 10.0 Å². The second-order valence-electron chi connectivity index (χ2n) is 4.94. The fourth-order valence-corrected chi connectivity index (χ4v) is 4.39. The van der Waals surface area contributed by atoms with Crippen LogP contribution in [0.15, 0.2) is 17.0 Å². The number of halogens is 2. The van der Waals surface area contributed by atoms with Gasteiger partial charge in [0.15, 0.2) is 0 Å². The first-order valence-electron chi connectivity index (χ1n) is 6.14. The van der Waals surface area contributed by atoms with Crippen molar-refractivity contribution in [3.05, 3.63) is 27.7 Å². The number of nitrogens with zero attached hydrogens (tertiary/aromatic N) is 1. The van der Waals surface area contributed by atoms with Crippen molar-refractivity contribution in [2.75, 3.05) is 20.1 Å². The molecule has 1 aromatic rings. The van der Waals surface area contributed by atoms with Gasteiger partial charge in [0.1, 0.15) is 4.90 Å². The predicted molar refractivity (Wildman–Crippen MR) is 79.6 cm³/mol. The van der Waals surface area contributed by atoms with Crippen molar-refractivity contribution in [1.82, 2.24) is 9.62 Å². The quantitative estimate of drug-likeness (QED) is 0.860. The van der Waals surface area contributed by atoms with Gasteiger partial charge in [0, 0.05) is 17.6 Å². The summed E-state index contributed by atoms with van der Waals surface area (Å²) in [6.07, 6.45) is 0.680. The van der Waals surface area contributed by atoms with Crippen LogP contribution in [0.4, 0.5) is 0 Å². The normalized spacial score (nSPS) is 19.9. The van der Waals surface area contributed by atoms with E-state index in [0.29, 0.717) is 13.0 Å². The third kappa shape index (κ3) is 3.67. The standard InChI is InChI=1S/C12H14Cl2N2O4S/c1-16-3-2-8(6-16)15-21(19,20)10-5-7(13)4-9(11(10)14)12(17)18/h4-5,8,15H,2-3,6H2,1H3,(H,17,18). The number of nitrogens with one attached hydrogen (secondary N) is 1. The molecule has 0 aliphatic carbocycles. The molecular weight excluding hydrogens is 339 g/mol. The van der Waals surface area contributed by atoms with Gasteiger partial charge >= 0.3 is 5.97 Å². The molecule has 2 rings (SSSR count). The SMILES string of the molecule is CN1CCC(NS(=O)(=O)c2cc(Cl)cc(C(=O)O)c2Cl)C1. The Kier molecular flexibility index (Phi) is 4.79. The van der Waals surface area contributed by atoms with Crippen molar-refractivity contribution < 1.29 is 18.3 Å². The highest BCUT2D eigenvalue weighted by atomic mass is 35.5. The maximum absolute atomic E-state index is 12.4. The lowest BCUT2D eigenvalue weighted by atomic mass is 10.2. The minimum atomic E-state index is -3.93. The molecule has 0 spiro atoms. The van der Waals surface area contributed by atoms with Gasteiger partial charge in [-0.3, -0.25) is 0 Å². The summed E-state index contributed by atoms with van der Waals surface area (Å²) in [5, 5.41) is 8.69. The van der Waals surface area contributed by atoms with Gasteiger partial charge in [-0.05, 0) is 32.1 Å². The number of benzene rings is 1. The van der Waals surface area contributed by atoms with Crippen molar-refractivity contribution in [3.8, 4) is 0 Å². The molecule has 0 radical (unpaired) electrons. The first-order valence-corrected chi connectivity index (χ1v) is 8.38. The zero-order valence-corrected chi connectivity index (χ0v) is 13.5. The van der Waals surface area contributed by atoms with Crippen LogP contribution in [0.3, 0.4) is 0 Å². The summed E-state index contributed by atoms with van der Waals surface area (Å²) in [6.45, 7) is 1.38. The molecule has 1 heterocycles. The van der Waals surface area contributed by atoms with Crippen molar-refractivity contribution in [3.63, 3.8) is 0 Å². The minimum absolute atomic E-state index is 0.000662. The van der Waals surface area contributed by atoms with Crippen LogP contribution in [0.5, 0.6) is 0 Å². The van der Waals surface area contributed by atoms with Crippen LogP contribution in [0.2, 0.25) is 10.0 Å². The topological polar surface area (TPSA) is 86.7 Å². The Morgan fingerprint density at radius 3 is 2.62 bits per heavy atom. The lowest BCUT2D eigenvalue weighted by molar-refractivity contribution is 0.0697. The van der Waals surface area contributed by atoms with E-state index in [1.807, 2.05) is 11.9 Å². The summed E-state index contributed by atoms with van der Waals surface area (Å²) in [7, 11) is -2.04. The number of carboxylic acid groups (broad SMARTS) is 1. The maximum atomic E-state index is 12.4. The number of likely N-dealkylation sites (tertiary alicyclic amines) is 1. The Bertz CT molecular complexity index is 678. The zero-order chi connectivity index (χ0) is 15.8. The van der Waals surface area contributed by atoms with Crippen LogP contribution in [-0.4, -0.2) is 50.6 Å². The van der Waals surface area contributed by atoms with Gasteiger partial charge in [0.05, 0.1) is 10.6 Å². The van der Waals surface area contributed by atoms with Gasteiger partial charge in [0.2, 0.25) is 10.0 Å². The molecule has 2 N–H and O–H groups in total. The van der Waals surface area contributed by atoms with E-state index in [0.717, 1.165) is 18.7 Å². The molecule has 1 aromatic carbocycles. The monoisotopic (exact) mass is 352 g/mol. The molecule has 1 aliphatic rings. The number of carboxylic acids is 1. The third-order valence-corrected chi connectivity index (χ3v) is 5.52. The molecule has 0 bridgehead atoms. The molecule has 6 nitrogen and oxygen atoms in total. The second-order valence-corrected chi connectivity index (χ2v) is 7.44. The molecule has 1 unspecified atom stereocenters. The van der Waals surface area contributed by atoms with Crippen molar-refractivity contribution in [2.45, 2.75) is 17.4 Å². The molecule has 0 saturated carbocycles. The Labute approximate surface area is 132 Å². The third-order valence-electron chi connectivity index (χ3n) is 3.24. The molecule has 116 valence electrons. The number of rotatable bonds is 4. The van der Waals surface area contributed by atoms with Crippen molar-refractivity contribution in [1.29, 1.82) is 0 Å². The van der Waals surface area contributed by atoms with Gasteiger partial charge in [-0.25, -0.2) is 17.9 Å². The average molecular weight is 353 g/mol. The molecule has 9 heteroatoms. The number of hydrogen-bond acceptors (Lipinski definition) is 4. The largest absolute Gasteiger partial charge is 0.478 e. The molecule has 1 saturated heterocycles. The van der Waals surface area contributed by atoms with Crippen LogP contribution in [0, 0.1) is 0 Å². The molecule has 1 atom stereocenters. The first-order chi connectivity index (χ1) is 9.70. The van der Waals surface area contributed by atoms with Crippen LogP contribution in [-0.2, 0) is 10.0 Å². The average Bonchev–Trinajstić information content (AvgIpc) is 2.76. The zero-order valence-electron chi connectivity index (χ0n) is 11.1. The number of carbonyl (C=O) groups is 1. The molecule has 0 amide bonds. The van der Waals surface area contributed by atoms with Gasteiger partial charge in [-0.2, -0.15) is 0 Å². The van der Waals surface area contributed by atoms with Gasteiger partial charge in [-0.1, -0.05) is 23.2 Å². The summed E-state index contributed by atoms with van der Waals surface area (Å²) in [5.74, 6) is -1.33. The lowest BCUT2D eigenvalue weighted by Crippen LogP contribution is -2.36. The number of aromatic carboxylic acids is 1. The summed E-state index contributed by atoms with van der Waals surface area (Å²) in [6, 6.07) is 2.04. The van der Waals surface area contributed by atoms with E-state index in [-0.39, 0.29) is 26.5 Å². The van der Waals surface area contributed by atoms with E-state index in [1.165, 1.54) is 0 Å². The highest BCUT2D eigenvalue weighted by Crippen LogP contribution is 2.30. The summed E-state index contributed by atoms with van der Waals surface area (Å²) in [4.78, 5) is 12.8. The fourth-order valence-electron chi connectivity index (χ4n) is 2.23. The van der Waals surface area contributed by atoms with Crippen LogP contribution in [0.1, 0.15) is 16.8 Å². The molecule has 1 aliphatic heterocycles.